The summed E-state index contributed by atoms with van der Waals surface area (Å²) in [6.07, 6.45) is 0.861. The number of hydrogen-bond acceptors (Lipinski definition) is 6. The molecule has 2 heterocycles. The number of aromatic nitrogens is 1. The standard InChI is InChI=1S/C14H24N4O2S/c1-12-11-21-14(16-12)18-7-5-17(6-8-18)10-13(19)15-4-3-9-20-2/h11H,3-10H2,1-2H3,(H,15,19). The van der Waals surface area contributed by atoms with E-state index in [0.717, 1.165) is 43.4 Å². The average molecular weight is 312 g/mol. The maximum Gasteiger partial charge on any atom is 0.234 e. The Morgan fingerprint density at radius 3 is 2.81 bits per heavy atom. The minimum absolute atomic E-state index is 0.102. The molecule has 0 unspecified atom stereocenters. The molecule has 1 aliphatic rings. The Morgan fingerprint density at radius 2 is 2.19 bits per heavy atom. The monoisotopic (exact) mass is 312 g/mol. The molecular formula is C14H24N4O2S. The van der Waals surface area contributed by atoms with Gasteiger partial charge in [-0.25, -0.2) is 4.98 Å². The summed E-state index contributed by atoms with van der Waals surface area (Å²) in [6, 6.07) is 0. The number of rotatable bonds is 7. The summed E-state index contributed by atoms with van der Waals surface area (Å²) in [5.41, 5.74) is 1.08. The summed E-state index contributed by atoms with van der Waals surface area (Å²) in [4.78, 5) is 20.8. The molecule has 0 spiro atoms. The van der Waals surface area contributed by atoms with Gasteiger partial charge >= 0.3 is 0 Å². The summed E-state index contributed by atoms with van der Waals surface area (Å²) in [7, 11) is 1.67. The third-order valence-electron chi connectivity index (χ3n) is 3.46. The van der Waals surface area contributed by atoms with Crippen LogP contribution in [0.4, 0.5) is 5.13 Å². The van der Waals surface area contributed by atoms with Crippen molar-refractivity contribution in [3.8, 4) is 0 Å². The molecule has 21 heavy (non-hydrogen) atoms. The van der Waals surface area contributed by atoms with Crippen LogP contribution in [0.25, 0.3) is 0 Å². The highest BCUT2D eigenvalue weighted by Gasteiger charge is 2.20. The van der Waals surface area contributed by atoms with Gasteiger partial charge in [0.05, 0.1) is 12.2 Å². The van der Waals surface area contributed by atoms with Crippen molar-refractivity contribution in [1.29, 1.82) is 0 Å². The fraction of sp³-hybridized carbons (Fsp3) is 0.714. The summed E-state index contributed by atoms with van der Waals surface area (Å²) in [5, 5.41) is 6.10. The fourth-order valence-electron chi connectivity index (χ4n) is 2.29. The first-order chi connectivity index (χ1) is 10.2. The molecule has 1 aliphatic heterocycles. The smallest absolute Gasteiger partial charge is 0.234 e. The van der Waals surface area contributed by atoms with Crippen molar-refractivity contribution in [2.45, 2.75) is 13.3 Å². The molecule has 0 atom stereocenters. The number of carbonyl (C=O) groups is 1. The van der Waals surface area contributed by atoms with Crippen LogP contribution in [-0.2, 0) is 9.53 Å². The minimum Gasteiger partial charge on any atom is -0.385 e. The first kappa shape index (κ1) is 16.2. The van der Waals surface area contributed by atoms with Crippen LogP contribution >= 0.6 is 11.3 Å². The van der Waals surface area contributed by atoms with Crippen molar-refractivity contribution in [3.63, 3.8) is 0 Å². The average Bonchev–Trinajstić information content (AvgIpc) is 2.91. The molecule has 118 valence electrons. The Kier molecular flexibility index (Phi) is 6.41. The summed E-state index contributed by atoms with van der Waals surface area (Å²) < 4.78 is 4.96. The van der Waals surface area contributed by atoms with Crippen LogP contribution in [0.2, 0.25) is 0 Å². The maximum atomic E-state index is 11.8. The Morgan fingerprint density at radius 1 is 1.43 bits per heavy atom. The number of carbonyl (C=O) groups excluding carboxylic acids is 1. The van der Waals surface area contributed by atoms with Gasteiger partial charge in [0.15, 0.2) is 5.13 Å². The normalized spacial score (nSPS) is 16.2. The van der Waals surface area contributed by atoms with Crippen LogP contribution < -0.4 is 10.2 Å². The second-order valence-electron chi connectivity index (χ2n) is 5.23. The van der Waals surface area contributed by atoms with E-state index in [9.17, 15) is 4.79 Å². The molecule has 1 aromatic rings. The predicted octanol–water partition coefficient (Wildman–Crippen LogP) is 0.726. The molecule has 2 rings (SSSR count). The third-order valence-corrected chi connectivity index (χ3v) is 4.48. The van der Waals surface area contributed by atoms with Crippen molar-refractivity contribution in [2.24, 2.45) is 0 Å². The lowest BCUT2D eigenvalue weighted by molar-refractivity contribution is -0.122. The summed E-state index contributed by atoms with van der Waals surface area (Å²) >= 11 is 1.69. The van der Waals surface area contributed by atoms with Crippen LogP contribution in [-0.4, -0.2) is 68.8 Å². The van der Waals surface area contributed by atoms with E-state index in [1.807, 2.05) is 6.92 Å². The molecule has 0 bridgehead atoms. The first-order valence-electron chi connectivity index (χ1n) is 7.34. The zero-order valence-corrected chi connectivity index (χ0v) is 13.6. The molecule has 6 nitrogen and oxygen atoms in total. The van der Waals surface area contributed by atoms with Crippen molar-refractivity contribution >= 4 is 22.4 Å². The van der Waals surface area contributed by atoms with Crippen molar-refractivity contribution in [2.75, 3.05) is 57.9 Å². The molecule has 0 aliphatic carbocycles. The second-order valence-corrected chi connectivity index (χ2v) is 6.07. The van der Waals surface area contributed by atoms with Gasteiger partial charge < -0.3 is 15.0 Å². The van der Waals surface area contributed by atoms with Crippen molar-refractivity contribution < 1.29 is 9.53 Å². The van der Waals surface area contributed by atoms with Gasteiger partial charge in [0, 0.05) is 51.8 Å². The van der Waals surface area contributed by atoms with E-state index in [1.165, 1.54) is 0 Å². The first-order valence-corrected chi connectivity index (χ1v) is 8.22. The molecule has 0 radical (unpaired) electrons. The summed E-state index contributed by atoms with van der Waals surface area (Å²) in [6.45, 7) is 7.56. The Hall–Kier alpha value is -1.18. The third kappa shape index (κ3) is 5.26. The topological polar surface area (TPSA) is 57.7 Å². The number of anilines is 1. The highest BCUT2D eigenvalue weighted by atomic mass is 32.1. The number of nitrogens with one attached hydrogen (secondary N) is 1. The maximum absolute atomic E-state index is 11.8. The van der Waals surface area contributed by atoms with Crippen molar-refractivity contribution in [3.05, 3.63) is 11.1 Å². The highest BCUT2D eigenvalue weighted by molar-refractivity contribution is 7.13. The van der Waals surface area contributed by atoms with Gasteiger partial charge in [-0.15, -0.1) is 11.3 Å². The van der Waals surface area contributed by atoms with Gasteiger partial charge in [-0.05, 0) is 13.3 Å². The second kappa shape index (κ2) is 8.31. The molecule has 1 fully saturated rings. The zero-order valence-electron chi connectivity index (χ0n) is 12.8. The van der Waals surface area contributed by atoms with Crippen molar-refractivity contribution in [1.82, 2.24) is 15.2 Å². The van der Waals surface area contributed by atoms with Crippen LogP contribution in [0.3, 0.4) is 0 Å². The lowest BCUT2D eigenvalue weighted by Gasteiger charge is -2.34. The molecule has 1 N–H and O–H groups in total. The van der Waals surface area contributed by atoms with E-state index in [4.69, 9.17) is 4.74 Å². The van der Waals surface area contributed by atoms with E-state index in [-0.39, 0.29) is 5.91 Å². The number of nitrogens with zero attached hydrogens (tertiary/aromatic N) is 3. The molecule has 0 aromatic carbocycles. The van der Waals surface area contributed by atoms with Crippen LogP contribution in [0.15, 0.2) is 5.38 Å². The number of aryl methyl sites for hydroxylation is 1. The number of amides is 1. The molecule has 7 heteroatoms. The van der Waals surface area contributed by atoms with E-state index in [2.05, 4.69) is 25.5 Å². The molecule has 1 saturated heterocycles. The van der Waals surface area contributed by atoms with Crippen LogP contribution in [0.5, 0.6) is 0 Å². The van der Waals surface area contributed by atoms with Gasteiger partial charge in [-0.1, -0.05) is 0 Å². The molecule has 1 aromatic heterocycles. The predicted molar refractivity (Wildman–Crippen MR) is 85.0 cm³/mol. The number of methoxy groups -OCH3 is 1. The van der Waals surface area contributed by atoms with Gasteiger partial charge in [0.2, 0.25) is 5.91 Å². The number of thiazole rings is 1. The fourth-order valence-corrected chi connectivity index (χ4v) is 3.14. The number of ether oxygens (including phenoxy) is 1. The van der Waals surface area contributed by atoms with E-state index < -0.39 is 0 Å². The lowest BCUT2D eigenvalue weighted by Crippen LogP contribution is -2.49. The molecule has 0 saturated carbocycles. The Balaban J connectivity index is 1.65. The zero-order chi connectivity index (χ0) is 15.1. The Labute approximate surface area is 130 Å². The lowest BCUT2D eigenvalue weighted by atomic mass is 10.3. The van der Waals surface area contributed by atoms with E-state index in [1.54, 1.807) is 18.4 Å². The van der Waals surface area contributed by atoms with E-state index >= 15 is 0 Å². The van der Waals surface area contributed by atoms with Gasteiger partial charge in [0.25, 0.3) is 0 Å². The molecule has 1 amide bonds. The SMILES string of the molecule is COCCCNC(=O)CN1CCN(c2nc(C)cs2)CC1. The van der Waals surface area contributed by atoms with Gasteiger partial charge in [-0.3, -0.25) is 9.69 Å². The molecular weight excluding hydrogens is 288 g/mol. The van der Waals surface area contributed by atoms with Gasteiger partial charge in [0.1, 0.15) is 0 Å². The largest absolute Gasteiger partial charge is 0.385 e. The highest BCUT2D eigenvalue weighted by Crippen LogP contribution is 2.21. The number of piperazine rings is 1. The van der Waals surface area contributed by atoms with Gasteiger partial charge in [-0.2, -0.15) is 0 Å². The number of hydrogen-bond donors (Lipinski definition) is 1. The van der Waals surface area contributed by atoms with Crippen LogP contribution in [0, 0.1) is 6.92 Å². The van der Waals surface area contributed by atoms with Crippen LogP contribution in [0.1, 0.15) is 12.1 Å². The van der Waals surface area contributed by atoms with E-state index in [0.29, 0.717) is 19.7 Å². The summed E-state index contributed by atoms with van der Waals surface area (Å²) in [5.74, 6) is 0.102. The minimum atomic E-state index is 0.102. The Bertz CT molecular complexity index is 444. The quantitative estimate of drug-likeness (QED) is 0.752.